The fraction of sp³-hybridized carbons (Fsp3) is 0.417. The van der Waals surface area contributed by atoms with Crippen molar-refractivity contribution < 1.29 is 14.3 Å². The summed E-state index contributed by atoms with van der Waals surface area (Å²) in [7, 11) is 0. The zero-order valence-corrected chi connectivity index (χ0v) is 19.8. The van der Waals surface area contributed by atoms with Crippen molar-refractivity contribution in [2.24, 2.45) is 0 Å². The van der Waals surface area contributed by atoms with Crippen LogP contribution in [0.4, 0.5) is 10.5 Å². The Kier molecular flexibility index (Phi) is 7.16. The Balaban J connectivity index is 1.32. The third-order valence-corrected chi connectivity index (χ3v) is 7.88. The van der Waals surface area contributed by atoms with Crippen molar-refractivity contribution in [2.75, 3.05) is 37.3 Å². The molecular weight excluding hydrogens is 446 g/mol. The molecular formula is C24H28ClN3O3S. The summed E-state index contributed by atoms with van der Waals surface area (Å²) in [6, 6.07) is 14.9. The number of piperidine rings is 1. The molecule has 2 fully saturated rings. The molecule has 0 saturated carbocycles. The molecule has 0 unspecified atom stereocenters. The number of amides is 3. The maximum Gasteiger partial charge on any atom is 0.321 e. The molecule has 32 heavy (non-hydrogen) atoms. The molecule has 2 aromatic rings. The van der Waals surface area contributed by atoms with Gasteiger partial charge in [0, 0.05) is 36.1 Å². The summed E-state index contributed by atoms with van der Waals surface area (Å²) in [6.07, 6.45) is 2.44. The van der Waals surface area contributed by atoms with Crippen LogP contribution in [-0.2, 0) is 11.2 Å². The number of likely N-dealkylation sites (tertiary alicyclic amines) is 1. The van der Waals surface area contributed by atoms with Crippen molar-refractivity contribution in [1.29, 1.82) is 0 Å². The standard InChI is InChI=1S/C24H28ClN3O3S/c1-2-18-4-3-5-20(16-18)26-23(30)27-12-10-24(11-13-27)28(14-15-32-24)22(29)17-31-21-8-6-19(25)7-9-21/h3-9,16H,2,10-15,17H2,1H3,(H,26,30). The van der Waals surface area contributed by atoms with Crippen LogP contribution in [0.5, 0.6) is 5.75 Å². The number of rotatable bonds is 5. The lowest BCUT2D eigenvalue weighted by molar-refractivity contribution is -0.136. The van der Waals surface area contributed by atoms with Crippen LogP contribution in [0.3, 0.4) is 0 Å². The minimum absolute atomic E-state index is 0.00190. The molecule has 4 rings (SSSR count). The first-order valence-corrected chi connectivity index (χ1v) is 12.3. The van der Waals surface area contributed by atoms with E-state index in [-0.39, 0.29) is 23.4 Å². The second-order valence-corrected chi connectivity index (χ2v) is 9.95. The Morgan fingerprint density at radius 2 is 1.88 bits per heavy atom. The van der Waals surface area contributed by atoms with Gasteiger partial charge >= 0.3 is 6.03 Å². The number of hydrogen-bond donors (Lipinski definition) is 1. The topological polar surface area (TPSA) is 61.9 Å². The van der Waals surface area contributed by atoms with Crippen LogP contribution in [0.1, 0.15) is 25.3 Å². The summed E-state index contributed by atoms with van der Waals surface area (Å²) in [5.74, 6) is 1.52. The molecule has 3 amide bonds. The normalized spacial score (nSPS) is 17.4. The summed E-state index contributed by atoms with van der Waals surface area (Å²) >= 11 is 7.72. The van der Waals surface area contributed by atoms with Gasteiger partial charge in [-0.1, -0.05) is 30.7 Å². The van der Waals surface area contributed by atoms with Gasteiger partial charge in [0.15, 0.2) is 6.61 Å². The molecule has 1 N–H and O–H groups in total. The van der Waals surface area contributed by atoms with Gasteiger partial charge in [-0.15, -0.1) is 11.8 Å². The minimum atomic E-state index is -0.251. The SMILES string of the molecule is CCc1cccc(NC(=O)N2CCC3(CC2)SCCN3C(=O)COc2ccc(Cl)cc2)c1. The van der Waals surface area contributed by atoms with Crippen LogP contribution in [0.2, 0.25) is 5.02 Å². The van der Waals surface area contributed by atoms with E-state index in [1.54, 1.807) is 24.3 Å². The fourth-order valence-corrected chi connectivity index (χ4v) is 5.86. The highest BCUT2D eigenvalue weighted by Crippen LogP contribution is 2.44. The number of nitrogens with one attached hydrogen (secondary N) is 1. The summed E-state index contributed by atoms with van der Waals surface area (Å²) in [5.41, 5.74) is 2.01. The lowest BCUT2D eigenvalue weighted by Gasteiger charge is -2.43. The average Bonchev–Trinajstić information content (AvgIpc) is 3.22. The molecule has 2 aliphatic rings. The molecule has 0 bridgehead atoms. The van der Waals surface area contributed by atoms with Gasteiger partial charge < -0.3 is 19.9 Å². The molecule has 2 heterocycles. The highest BCUT2D eigenvalue weighted by atomic mass is 35.5. The van der Waals surface area contributed by atoms with Crippen LogP contribution in [0.15, 0.2) is 48.5 Å². The van der Waals surface area contributed by atoms with E-state index in [4.69, 9.17) is 16.3 Å². The van der Waals surface area contributed by atoms with Crippen molar-refractivity contribution in [2.45, 2.75) is 31.1 Å². The van der Waals surface area contributed by atoms with Gasteiger partial charge in [-0.25, -0.2) is 4.79 Å². The molecule has 0 atom stereocenters. The van der Waals surface area contributed by atoms with Crippen molar-refractivity contribution in [3.05, 3.63) is 59.1 Å². The Bertz CT molecular complexity index is 961. The number of thioether (sulfide) groups is 1. The summed E-state index contributed by atoms with van der Waals surface area (Å²) in [4.78, 5) is 29.3. The van der Waals surface area contributed by atoms with Crippen LogP contribution >= 0.6 is 23.4 Å². The predicted octanol–water partition coefficient (Wildman–Crippen LogP) is 4.88. The molecule has 2 aromatic carbocycles. The Hall–Kier alpha value is -2.38. The number of ether oxygens (including phenoxy) is 1. The number of hydrogen-bond acceptors (Lipinski definition) is 4. The van der Waals surface area contributed by atoms with Crippen LogP contribution < -0.4 is 10.1 Å². The Morgan fingerprint density at radius 1 is 1.12 bits per heavy atom. The number of carbonyl (C=O) groups is 2. The monoisotopic (exact) mass is 473 g/mol. The van der Waals surface area contributed by atoms with E-state index < -0.39 is 0 Å². The van der Waals surface area contributed by atoms with Gasteiger partial charge in [0.2, 0.25) is 0 Å². The van der Waals surface area contributed by atoms with Crippen molar-refractivity contribution in [3.8, 4) is 5.75 Å². The highest BCUT2D eigenvalue weighted by Gasteiger charge is 2.46. The second-order valence-electron chi connectivity index (χ2n) is 8.05. The lowest BCUT2D eigenvalue weighted by atomic mass is 10.0. The van der Waals surface area contributed by atoms with Gasteiger partial charge in [0.05, 0.1) is 4.87 Å². The van der Waals surface area contributed by atoms with E-state index >= 15 is 0 Å². The molecule has 6 nitrogen and oxygen atoms in total. The molecule has 1 spiro atoms. The van der Waals surface area contributed by atoms with Crippen LogP contribution in [0, 0.1) is 0 Å². The van der Waals surface area contributed by atoms with Gasteiger partial charge in [-0.3, -0.25) is 4.79 Å². The number of nitrogens with zero attached hydrogens (tertiary/aromatic N) is 2. The maximum absolute atomic E-state index is 12.9. The van der Waals surface area contributed by atoms with Crippen LogP contribution in [0.25, 0.3) is 0 Å². The van der Waals surface area contributed by atoms with Gasteiger partial charge in [0.1, 0.15) is 5.75 Å². The minimum Gasteiger partial charge on any atom is -0.484 e. The van der Waals surface area contributed by atoms with E-state index in [1.807, 2.05) is 39.8 Å². The van der Waals surface area contributed by atoms with E-state index in [9.17, 15) is 9.59 Å². The van der Waals surface area contributed by atoms with Crippen LogP contribution in [-0.4, -0.2) is 58.6 Å². The zero-order valence-electron chi connectivity index (χ0n) is 18.2. The molecule has 2 aliphatic heterocycles. The molecule has 0 aromatic heterocycles. The van der Waals surface area contributed by atoms with Crippen molar-refractivity contribution >= 4 is 41.0 Å². The Morgan fingerprint density at radius 3 is 2.59 bits per heavy atom. The molecule has 2 saturated heterocycles. The van der Waals surface area contributed by atoms with E-state index in [1.165, 1.54) is 5.56 Å². The molecule has 0 radical (unpaired) electrons. The lowest BCUT2D eigenvalue weighted by Crippen LogP contribution is -2.55. The number of carbonyl (C=O) groups excluding carboxylic acids is 2. The summed E-state index contributed by atoms with van der Waals surface area (Å²) in [5, 5.41) is 3.64. The van der Waals surface area contributed by atoms with Crippen molar-refractivity contribution in [1.82, 2.24) is 9.80 Å². The number of anilines is 1. The first-order chi connectivity index (χ1) is 15.5. The second kappa shape index (κ2) is 10.0. The van der Waals surface area contributed by atoms with Gasteiger partial charge in [0.25, 0.3) is 5.91 Å². The number of halogens is 1. The predicted molar refractivity (Wildman–Crippen MR) is 129 cm³/mol. The van der Waals surface area contributed by atoms with E-state index in [2.05, 4.69) is 18.3 Å². The zero-order chi connectivity index (χ0) is 22.6. The van der Waals surface area contributed by atoms with Gasteiger partial charge in [-0.05, 0) is 61.2 Å². The highest BCUT2D eigenvalue weighted by molar-refractivity contribution is 8.00. The number of aryl methyl sites for hydroxylation is 1. The maximum atomic E-state index is 12.9. The average molecular weight is 474 g/mol. The quantitative estimate of drug-likeness (QED) is 0.672. The van der Waals surface area contributed by atoms with E-state index in [0.717, 1.165) is 30.7 Å². The molecule has 8 heteroatoms. The number of benzene rings is 2. The first kappa shape index (κ1) is 22.8. The molecule has 170 valence electrons. The molecule has 0 aliphatic carbocycles. The third kappa shape index (κ3) is 5.15. The van der Waals surface area contributed by atoms with Crippen molar-refractivity contribution in [3.63, 3.8) is 0 Å². The Labute approximate surface area is 198 Å². The van der Waals surface area contributed by atoms with E-state index in [0.29, 0.717) is 30.4 Å². The smallest absolute Gasteiger partial charge is 0.321 e. The number of urea groups is 1. The summed E-state index contributed by atoms with van der Waals surface area (Å²) in [6.45, 7) is 4.05. The first-order valence-electron chi connectivity index (χ1n) is 11.0. The fourth-order valence-electron chi connectivity index (χ4n) is 4.26. The van der Waals surface area contributed by atoms with Gasteiger partial charge in [-0.2, -0.15) is 0 Å². The summed E-state index contributed by atoms with van der Waals surface area (Å²) < 4.78 is 5.68. The largest absolute Gasteiger partial charge is 0.484 e. The third-order valence-electron chi connectivity index (χ3n) is 6.07.